The second kappa shape index (κ2) is 7.90. The number of nitrogens with one attached hydrogen (secondary N) is 1. The maximum absolute atomic E-state index is 13.7. The van der Waals surface area contributed by atoms with Crippen LogP contribution < -0.4 is 5.32 Å². The Balaban J connectivity index is 2.00. The molecule has 0 saturated carbocycles. The summed E-state index contributed by atoms with van der Waals surface area (Å²) < 4.78 is 19.5. The lowest BCUT2D eigenvalue weighted by molar-refractivity contribution is -0.119. The third-order valence-corrected chi connectivity index (χ3v) is 4.51. The number of anilines is 1. The van der Waals surface area contributed by atoms with Crippen LogP contribution in [0.5, 0.6) is 0 Å². The van der Waals surface area contributed by atoms with E-state index in [4.69, 9.17) is 10.00 Å². The lowest BCUT2D eigenvalue weighted by Gasteiger charge is -2.12. The number of amides is 1. The number of carbonyl (C=O) groups excluding carboxylic acids is 2. The number of nitriles is 1. The summed E-state index contributed by atoms with van der Waals surface area (Å²) in [6.07, 6.45) is 0. The fourth-order valence-electron chi connectivity index (χ4n) is 2.07. The van der Waals surface area contributed by atoms with E-state index in [1.54, 1.807) is 18.2 Å². The van der Waals surface area contributed by atoms with Gasteiger partial charge < -0.3 is 10.1 Å². The van der Waals surface area contributed by atoms with Gasteiger partial charge in [-0.25, -0.2) is 9.18 Å². The Kier molecular flexibility index (Phi) is 5.88. The lowest BCUT2D eigenvalue weighted by Crippen LogP contribution is -2.22. The van der Waals surface area contributed by atoms with Gasteiger partial charge in [-0.05, 0) is 55.3 Å². The van der Waals surface area contributed by atoms with Crippen LogP contribution in [0.15, 0.2) is 34.8 Å². The molecule has 2 aromatic carbocycles. The van der Waals surface area contributed by atoms with Crippen LogP contribution in [0.1, 0.15) is 27.0 Å². The van der Waals surface area contributed by atoms with E-state index in [0.29, 0.717) is 5.69 Å². The predicted molar refractivity (Wildman–Crippen MR) is 93.6 cm³/mol. The Morgan fingerprint density at radius 1 is 1.24 bits per heavy atom. The molecule has 0 heterocycles. The summed E-state index contributed by atoms with van der Waals surface area (Å²) in [5, 5.41) is 11.3. The van der Waals surface area contributed by atoms with Crippen LogP contribution in [0.3, 0.4) is 0 Å². The van der Waals surface area contributed by atoms with Gasteiger partial charge in [-0.15, -0.1) is 0 Å². The van der Waals surface area contributed by atoms with Crippen LogP contribution in [0.25, 0.3) is 0 Å². The molecule has 0 aliphatic heterocycles. The van der Waals surface area contributed by atoms with Crippen molar-refractivity contribution in [3.05, 3.63) is 62.9 Å². The highest BCUT2D eigenvalue weighted by Crippen LogP contribution is 2.25. The van der Waals surface area contributed by atoms with E-state index in [1.165, 1.54) is 6.07 Å². The molecule has 1 N–H and O–H groups in total. The summed E-state index contributed by atoms with van der Waals surface area (Å²) in [6, 6.07) is 8.68. The van der Waals surface area contributed by atoms with Crippen LogP contribution in [-0.2, 0) is 9.53 Å². The van der Waals surface area contributed by atoms with Gasteiger partial charge in [0.15, 0.2) is 6.61 Å². The van der Waals surface area contributed by atoms with Gasteiger partial charge in [-0.1, -0.05) is 15.9 Å². The van der Waals surface area contributed by atoms with Crippen molar-refractivity contribution in [2.45, 2.75) is 13.8 Å². The number of benzene rings is 2. The first kappa shape index (κ1) is 18.6. The first-order valence-electron chi connectivity index (χ1n) is 7.25. The normalized spacial score (nSPS) is 10.0. The van der Waals surface area contributed by atoms with Crippen molar-refractivity contribution in [1.29, 1.82) is 5.26 Å². The van der Waals surface area contributed by atoms with Gasteiger partial charge in [0.25, 0.3) is 5.91 Å². The lowest BCUT2D eigenvalue weighted by atomic mass is 10.1. The summed E-state index contributed by atoms with van der Waals surface area (Å²) >= 11 is 3.40. The van der Waals surface area contributed by atoms with E-state index in [1.807, 2.05) is 13.8 Å². The molecule has 0 saturated heterocycles. The van der Waals surface area contributed by atoms with E-state index in [9.17, 15) is 14.0 Å². The molecule has 128 valence electrons. The number of nitrogens with zero attached hydrogens (tertiary/aromatic N) is 1. The molecule has 5 nitrogen and oxygen atoms in total. The maximum Gasteiger partial charge on any atom is 0.341 e. The highest BCUT2D eigenvalue weighted by molar-refractivity contribution is 9.10. The Morgan fingerprint density at radius 3 is 2.60 bits per heavy atom. The van der Waals surface area contributed by atoms with Crippen LogP contribution >= 0.6 is 15.9 Å². The number of carbonyl (C=O) groups is 2. The number of ether oxygens (including phenoxy) is 1. The van der Waals surface area contributed by atoms with E-state index < -0.39 is 24.3 Å². The van der Waals surface area contributed by atoms with Crippen molar-refractivity contribution in [2.75, 3.05) is 11.9 Å². The summed E-state index contributed by atoms with van der Waals surface area (Å²) in [6.45, 7) is 3.21. The Labute approximate surface area is 152 Å². The molecule has 2 aromatic rings. The summed E-state index contributed by atoms with van der Waals surface area (Å²) in [5.74, 6) is -2.38. The van der Waals surface area contributed by atoms with Crippen LogP contribution in [0.4, 0.5) is 10.1 Å². The van der Waals surface area contributed by atoms with E-state index in [-0.39, 0.29) is 11.1 Å². The van der Waals surface area contributed by atoms with Crippen molar-refractivity contribution in [3.8, 4) is 6.07 Å². The average molecular weight is 405 g/mol. The first-order valence-corrected chi connectivity index (χ1v) is 8.05. The van der Waals surface area contributed by atoms with E-state index in [0.717, 1.165) is 27.7 Å². The summed E-state index contributed by atoms with van der Waals surface area (Å²) in [4.78, 5) is 23.8. The zero-order chi connectivity index (χ0) is 18.6. The van der Waals surface area contributed by atoms with Crippen molar-refractivity contribution >= 4 is 33.5 Å². The molecule has 2 rings (SSSR count). The molecule has 0 bridgehead atoms. The predicted octanol–water partition coefficient (Wildman–Crippen LogP) is 3.87. The molecule has 0 spiro atoms. The van der Waals surface area contributed by atoms with Gasteiger partial charge in [0.05, 0.1) is 17.2 Å². The summed E-state index contributed by atoms with van der Waals surface area (Å²) in [5.41, 5.74) is 2.23. The van der Waals surface area contributed by atoms with Gasteiger partial charge in [0.1, 0.15) is 5.82 Å². The minimum absolute atomic E-state index is 0.0906. The zero-order valence-electron chi connectivity index (χ0n) is 13.5. The number of halogens is 2. The fourth-order valence-corrected chi connectivity index (χ4v) is 2.50. The molecule has 7 heteroatoms. The first-order chi connectivity index (χ1) is 11.8. The largest absolute Gasteiger partial charge is 0.452 e. The third-order valence-electron chi connectivity index (χ3n) is 3.65. The molecule has 0 aliphatic carbocycles. The smallest absolute Gasteiger partial charge is 0.341 e. The monoisotopic (exact) mass is 404 g/mol. The average Bonchev–Trinajstić information content (AvgIpc) is 2.60. The Hall–Kier alpha value is -2.72. The molecule has 1 amide bonds. The number of hydrogen-bond acceptors (Lipinski definition) is 4. The highest BCUT2D eigenvalue weighted by atomic mass is 79.9. The van der Waals surface area contributed by atoms with E-state index >= 15 is 0 Å². The van der Waals surface area contributed by atoms with E-state index in [2.05, 4.69) is 21.2 Å². The Morgan fingerprint density at radius 2 is 1.96 bits per heavy atom. The minimum Gasteiger partial charge on any atom is -0.452 e. The van der Waals surface area contributed by atoms with Gasteiger partial charge in [-0.3, -0.25) is 4.79 Å². The molecular formula is C18H14BrFN2O3. The number of esters is 1. The molecule has 0 atom stereocenters. The minimum atomic E-state index is -0.971. The standard InChI is InChI=1S/C18H14BrFN2O3/c1-10-11(2)16(6-5-14(10)19)22-17(23)9-25-18(24)13-4-3-12(8-21)7-15(13)20/h3-7H,9H2,1-2H3,(H,22,23). The third kappa shape index (κ3) is 4.43. The number of hydrogen-bond donors (Lipinski definition) is 1. The number of rotatable bonds is 4. The Bertz CT molecular complexity index is 891. The molecule has 0 unspecified atom stereocenters. The molecular weight excluding hydrogens is 391 g/mol. The van der Waals surface area contributed by atoms with Gasteiger partial charge in [0.2, 0.25) is 0 Å². The second-order valence-corrected chi connectivity index (χ2v) is 6.13. The van der Waals surface area contributed by atoms with Crippen LogP contribution in [-0.4, -0.2) is 18.5 Å². The van der Waals surface area contributed by atoms with Crippen molar-refractivity contribution in [1.82, 2.24) is 0 Å². The van der Waals surface area contributed by atoms with Crippen LogP contribution in [0.2, 0.25) is 0 Å². The van der Waals surface area contributed by atoms with Crippen LogP contribution in [0, 0.1) is 31.0 Å². The maximum atomic E-state index is 13.7. The molecule has 25 heavy (non-hydrogen) atoms. The SMILES string of the molecule is Cc1c(Br)ccc(NC(=O)COC(=O)c2ccc(C#N)cc2F)c1C. The molecule has 0 radical (unpaired) electrons. The van der Waals surface area contributed by atoms with Gasteiger partial charge in [-0.2, -0.15) is 5.26 Å². The van der Waals surface area contributed by atoms with Crippen molar-refractivity contribution in [3.63, 3.8) is 0 Å². The van der Waals surface area contributed by atoms with Crippen molar-refractivity contribution < 1.29 is 18.7 Å². The molecule has 0 fully saturated rings. The molecule has 0 aromatic heterocycles. The quantitative estimate of drug-likeness (QED) is 0.784. The second-order valence-electron chi connectivity index (χ2n) is 5.28. The summed E-state index contributed by atoms with van der Waals surface area (Å²) in [7, 11) is 0. The highest BCUT2D eigenvalue weighted by Gasteiger charge is 2.16. The van der Waals surface area contributed by atoms with Gasteiger partial charge in [0, 0.05) is 10.2 Å². The van der Waals surface area contributed by atoms with Gasteiger partial charge >= 0.3 is 5.97 Å². The van der Waals surface area contributed by atoms with Crippen molar-refractivity contribution in [2.24, 2.45) is 0 Å². The topological polar surface area (TPSA) is 79.2 Å². The molecule has 0 aliphatic rings. The fraction of sp³-hybridized carbons (Fsp3) is 0.167. The zero-order valence-corrected chi connectivity index (χ0v) is 15.1.